The van der Waals surface area contributed by atoms with Crippen LogP contribution in [0.5, 0.6) is 0 Å². The zero-order valence-corrected chi connectivity index (χ0v) is 9.86. The molecule has 0 N–H and O–H groups in total. The summed E-state index contributed by atoms with van der Waals surface area (Å²) in [6, 6.07) is 3.55. The Morgan fingerprint density at radius 2 is 2.17 bits per heavy atom. The van der Waals surface area contributed by atoms with Gasteiger partial charge in [-0.05, 0) is 18.6 Å². The van der Waals surface area contributed by atoms with Crippen molar-refractivity contribution < 1.29 is 13.6 Å². The van der Waals surface area contributed by atoms with E-state index in [9.17, 15) is 13.6 Å². The second kappa shape index (κ2) is 5.08. The van der Waals surface area contributed by atoms with Gasteiger partial charge in [0.1, 0.15) is 0 Å². The minimum absolute atomic E-state index is 0.257. The molecule has 1 aromatic carbocycles. The number of ketones is 1. The fourth-order valence-corrected chi connectivity index (χ4v) is 1.67. The Labute approximate surface area is 103 Å². The molecule has 0 saturated carbocycles. The van der Waals surface area contributed by atoms with Crippen molar-refractivity contribution in [3.63, 3.8) is 0 Å². The van der Waals surface area contributed by atoms with Gasteiger partial charge in [-0.15, -0.1) is 0 Å². The molecule has 94 valence electrons. The van der Waals surface area contributed by atoms with Gasteiger partial charge in [0.2, 0.25) is 0 Å². The van der Waals surface area contributed by atoms with Gasteiger partial charge in [0, 0.05) is 12.7 Å². The first kappa shape index (κ1) is 12.4. The number of hydrogen-bond donors (Lipinski definition) is 0. The van der Waals surface area contributed by atoms with Crippen LogP contribution >= 0.6 is 0 Å². The molecule has 3 nitrogen and oxygen atoms in total. The molecule has 0 atom stereocenters. The standard InChI is InChI=1S/C13H12F2N2O/c1-2-6-17-8-9(7-16-17)13(18)10-4-3-5-11(14)12(10)15/h3-5,7-8H,2,6H2,1H3. The summed E-state index contributed by atoms with van der Waals surface area (Å²) in [5.41, 5.74) is -0.0148. The van der Waals surface area contributed by atoms with Crippen LogP contribution in [0.3, 0.4) is 0 Å². The van der Waals surface area contributed by atoms with Gasteiger partial charge < -0.3 is 0 Å². The highest BCUT2D eigenvalue weighted by atomic mass is 19.2. The molecule has 0 bridgehead atoms. The summed E-state index contributed by atoms with van der Waals surface area (Å²) in [6.45, 7) is 2.66. The van der Waals surface area contributed by atoms with E-state index in [1.54, 1.807) is 4.68 Å². The van der Waals surface area contributed by atoms with Crippen molar-refractivity contribution in [2.75, 3.05) is 0 Å². The number of aromatic nitrogens is 2. The van der Waals surface area contributed by atoms with Crippen LogP contribution in [0, 0.1) is 11.6 Å². The van der Waals surface area contributed by atoms with Crippen LogP contribution in [0.2, 0.25) is 0 Å². The van der Waals surface area contributed by atoms with E-state index in [0.717, 1.165) is 12.5 Å². The fraction of sp³-hybridized carbons (Fsp3) is 0.231. The van der Waals surface area contributed by atoms with Crippen LogP contribution in [0.1, 0.15) is 29.3 Å². The Balaban J connectivity index is 2.32. The molecular weight excluding hydrogens is 238 g/mol. The molecule has 0 radical (unpaired) electrons. The maximum absolute atomic E-state index is 13.5. The van der Waals surface area contributed by atoms with Crippen molar-refractivity contribution in [2.24, 2.45) is 0 Å². The van der Waals surface area contributed by atoms with Gasteiger partial charge in [0.25, 0.3) is 0 Å². The summed E-state index contributed by atoms with van der Waals surface area (Å²) >= 11 is 0. The molecule has 0 aliphatic carbocycles. The Hall–Kier alpha value is -2.04. The second-order valence-electron chi connectivity index (χ2n) is 3.92. The molecule has 0 aliphatic rings. The van der Waals surface area contributed by atoms with Crippen LogP contribution in [0.15, 0.2) is 30.6 Å². The highest BCUT2D eigenvalue weighted by molar-refractivity contribution is 6.08. The molecule has 0 aliphatic heterocycles. The normalized spacial score (nSPS) is 10.6. The SMILES string of the molecule is CCCn1cc(C(=O)c2cccc(F)c2F)cn1. The Bertz CT molecular complexity index is 578. The molecule has 0 spiro atoms. The Morgan fingerprint density at radius 1 is 1.39 bits per heavy atom. The Kier molecular flexibility index (Phi) is 3.50. The van der Waals surface area contributed by atoms with Gasteiger partial charge in [-0.3, -0.25) is 9.48 Å². The zero-order chi connectivity index (χ0) is 13.1. The van der Waals surface area contributed by atoms with Crippen LogP contribution in [-0.2, 0) is 6.54 Å². The lowest BCUT2D eigenvalue weighted by atomic mass is 10.1. The first-order valence-electron chi connectivity index (χ1n) is 5.64. The average Bonchev–Trinajstić information content (AvgIpc) is 2.81. The predicted octanol–water partition coefficient (Wildman–Crippen LogP) is 2.80. The summed E-state index contributed by atoms with van der Waals surface area (Å²) in [7, 11) is 0. The topological polar surface area (TPSA) is 34.9 Å². The van der Waals surface area contributed by atoms with Gasteiger partial charge in [-0.1, -0.05) is 13.0 Å². The van der Waals surface area contributed by atoms with Gasteiger partial charge in [-0.25, -0.2) is 8.78 Å². The van der Waals surface area contributed by atoms with E-state index in [1.807, 2.05) is 6.92 Å². The van der Waals surface area contributed by atoms with Crippen LogP contribution in [-0.4, -0.2) is 15.6 Å². The number of halogens is 2. The first-order chi connectivity index (χ1) is 8.63. The number of aryl methyl sites for hydroxylation is 1. The third-order valence-corrected chi connectivity index (χ3v) is 2.54. The lowest BCUT2D eigenvalue weighted by Gasteiger charge is -2.00. The largest absolute Gasteiger partial charge is 0.288 e. The number of rotatable bonds is 4. The Morgan fingerprint density at radius 3 is 2.89 bits per heavy atom. The van der Waals surface area contributed by atoms with E-state index in [0.29, 0.717) is 6.54 Å². The van der Waals surface area contributed by atoms with Crippen molar-refractivity contribution in [1.29, 1.82) is 0 Å². The minimum Gasteiger partial charge on any atom is -0.288 e. The quantitative estimate of drug-likeness (QED) is 0.782. The van der Waals surface area contributed by atoms with Gasteiger partial charge >= 0.3 is 0 Å². The molecule has 1 aromatic heterocycles. The molecule has 2 aromatic rings. The number of benzene rings is 1. The molecule has 0 unspecified atom stereocenters. The van der Waals surface area contributed by atoms with E-state index >= 15 is 0 Å². The van der Waals surface area contributed by atoms with E-state index in [-0.39, 0.29) is 11.1 Å². The summed E-state index contributed by atoms with van der Waals surface area (Å²) in [6.07, 6.45) is 3.78. The number of carbonyl (C=O) groups is 1. The first-order valence-corrected chi connectivity index (χ1v) is 5.64. The lowest BCUT2D eigenvalue weighted by molar-refractivity contribution is 0.103. The van der Waals surface area contributed by atoms with Crippen LogP contribution in [0.25, 0.3) is 0 Å². The molecule has 0 fully saturated rings. The third kappa shape index (κ3) is 2.30. The lowest BCUT2D eigenvalue weighted by Crippen LogP contribution is -2.05. The molecule has 1 heterocycles. The van der Waals surface area contributed by atoms with Crippen LogP contribution < -0.4 is 0 Å². The van der Waals surface area contributed by atoms with Crippen molar-refractivity contribution in [3.8, 4) is 0 Å². The predicted molar refractivity (Wildman–Crippen MR) is 62.3 cm³/mol. The van der Waals surface area contributed by atoms with Crippen molar-refractivity contribution in [1.82, 2.24) is 9.78 Å². The monoisotopic (exact) mass is 250 g/mol. The fourth-order valence-electron chi connectivity index (χ4n) is 1.67. The van der Waals surface area contributed by atoms with Crippen molar-refractivity contribution in [2.45, 2.75) is 19.9 Å². The highest BCUT2D eigenvalue weighted by Gasteiger charge is 2.17. The third-order valence-electron chi connectivity index (χ3n) is 2.54. The van der Waals surface area contributed by atoms with Gasteiger partial charge in [0.05, 0.1) is 17.3 Å². The maximum atomic E-state index is 13.5. The summed E-state index contributed by atoms with van der Waals surface area (Å²) in [4.78, 5) is 12.0. The number of nitrogens with zero attached hydrogens (tertiary/aromatic N) is 2. The average molecular weight is 250 g/mol. The van der Waals surface area contributed by atoms with E-state index in [2.05, 4.69) is 5.10 Å². The molecule has 0 saturated heterocycles. The van der Waals surface area contributed by atoms with Gasteiger partial charge in [0.15, 0.2) is 17.4 Å². The summed E-state index contributed by atoms with van der Waals surface area (Å²) in [5.74, 6) is -2.71. The molecular formula is C13H12F2N2O. The highest BCUT2D eigenvalue weighted by Crippen LogP contribution is 2.15. The maximum Gasteiger partial charge on any atom is 0.199 e. The van der Waals surface area contributed by atoms with Crippen molar-refractivity contribution >= 4 is 5.78 Å². The van der Waals surface area contributed by atoms with E-state index < -0.39 is 17.4 Å². The smallest absolute Gasteiger partial charge is 0.199 e. The number of carbonyl (C=O) groups excluding carboxylic acids is 1. The van der Waals surface area contributed by atoms with E-state index in [4.69, 9.17) is 0 Å². The molecule has 2 rings (SSSR count). The summed E-state index contributed by atoms with van der Waals surface area (Å²) in [5, 5.41) is 3.98. The second-order valence-corrected chi connectivity index (χ2v) is 3.92. The molecule has 18 heavy (non-hydrogen) atoms. The van der Waals surface area contributed by atoms with Crippen LogP contribution in [0.4, 0.5) is 8.78 Å². The summed E-state index contributed by atoms with van der Waals surface area (Å²) < 4.78 is 28.1. The van der Waals surface area contributed by atoms with Crippen molar-refractivity contribution in [3.05, 3.63) is 53.4 Å². The number of hydrogen-bond acceptors (Lipinski definition) is 2. The molecule has 0 amide bonds. The van der Waals surface area contributed by atoms with E-state index in [1.165, 1.54) is 24.5 Å². The zero-order valence-electron chi connectivity index (χ0n) is 9.86. The minimum atomic E-state index is -1.12. The van der Waals surface area contributed by atoms with Gasteiger partial charge in [-0.2, -0.15) is 5.10 Å². The molecule has 5 heteroatoms.